The van der Waals surface area contributed by atoms with Gasteiger partial charge in [-0.15, -0.1) is 0 Å². The Morgan fingerprint density at radius 2 is 1.89 bits per heavy atom. The lowest BCUT2D eigenvalue weighted by molar-refractivity contribution is -0.117. The lowest BCUT2D eigenvalue weighted by Crippen LogP contribution is -2.46. The minimum absolute atomic E-state index is 0.0256. The topological polar surface area (TPSA) is 71.1 Å². The molecule has 1 aliphatic carbocycles. The van der Waals surface area contributed by atoms with Gasteiger partial charge in [-0.3, -0.25) is 14.5 Å². The van der Waals surface area contributed by atoms with Crippen LogP contribution in [0.1, 0.15) is 42.6 Å². The molecule has 3 atom stereocenters. The van der Waals surface area contributed by atoms with Crippen LogP contribution in [-0.4, -0.2) is 67.6 Å². The molecule has 1 heterocycles. The molecule has 200 valence electrons. The maximum absolute atomic E-state index is 14.5. The van der Waals surface area contributed by atoms with Gasteiger partial charge >= 0.3 is 0 Å². The van der Waals surface area contributed by atoms with E-state index in [0.29, 0.717) is 30.1 Å². The maximum atomic E-state index is 14.5. The molecule has 1 saturated carbocycles. The third kappa shape index (κ3) is 6.64. The summed E-state index contributed by atoms with van der Waals surface area (Å²) in [5.74, 6) is -0.830. The molecule has 4 rings (SSSR count). The van der Waals surface area contributed by atoms with Crippen LogP contribution in [0.15, 0.2) is 36.4 Å². The molecular formula is C28H35F2N3O4. The van der Waals surface area contributed by atoms with Gasteiger partial charge in [-0.1, -0.05) is 6.92 Å². The monoisotopic (exact) mass is 515 g/mol. The lowest BCUT2D eigenvalue weighted by atomic mass is 10.0. The van der Waals surface area contributed by atoms with E-state index < -0.39 is 11.6 Å². The standard InChI is InChI=1S/C28H35F2N3O4/c1-17-13-33(14-20-11-21(29)7-9-24(20)30)18(2)16-37-25-10-8-22(31-27(34)19-5-6-19)12-23(25)28(35)32(3)15-26(17)36-4/h7-12,17-19,26H,5-6,13-16H2,1-4H3,(H,31,34)/t17-,18-,26+/m1/s1. The van der Waals surface area contributed by atoms with Crippen LogP contribution in [0.5, 0.6) is 5.75 Å². The molecule has 1 fully saturated rings. The number of carbonyl (C=O) groups is 2. The third-order valence-electron chi connectivity index (χ3n) is 7.17. The largest absolute Gasteiger partial charge is 0.491 e. The van der Waals surface area contributed by atoms with Crippen molar-refractivity contribution in [3.05, 3.63) is 59.2 Å². The number of benzene rings is 2. The Balaban J connectivity index is 1.63. The number of hydrogen-bond acceptors (Lipinski definition) is 5. The summed E-state index contributed by atoms with van der Waals surface area (Å²) in [4.78, 5) is 29.4. The van der Waals surface area contributed by atoms with Crippen LogP contribution >= 0.6 is 0 Å². The minimum atomic E-state index is -0.490. The first-order valence-electron chi connectivity index (χ1n) is 12.7. The Kier molecular flexibility index (Phi) is 8.44. The van der Waals surface area contributed by atoms with Crippen molar-refractivity contribution in [2.75, 3.05) is 39.2 Å². The molecular weight excluding hydrogens is 480 g/mol. The number of anilines is 1. The number of ether oxygens (including phenoxy) is 2. The molecule has 0 radical (unpaired) electrons. The molecule has 0 saturated heterocycles. The molecule has 2 aromatic carbocycles. The van der Waals surface area contributed by atoms with Crippen molar-refractivity contribution in [2.24, 2.45) is 11.8 Å². The first-order chi connectivity index (χ1) is 17.7. The Bertz CT molecular complexity index is 1140. The van der Waals surface area contributed by atoms with Gasteiger partial charge in [0.25, 0.3) is 5.91 Å². The van der Waals surface area contributed by atoms with Crippen molar-refractivity contribution >= 4 is 17.5 Å². The van der Waals surface area contributed by atoms with Gasteiger partial charge in [-0.05, 0) is 62.1 Å². The highest BCUT2D eigenvalue weighted by atomic mass is 19.1. The highest BCUT2D eigenvalue weighted by Gasteiger charge is 2.31. The Hall–Kier alpha value is -3.04. The molecule has 37 heavy (non-hydrogen) atoms. The molecule has 0 aromatic heterocycles. The van der Waals surface area contributed by atoms with Crippen molar-refractivity contribution in [3.8, 4) is 5.75 Å². The molecule has 2 aromatic rings. The highest BCUT2D eigenvalue weighted by Crippen LogP contribution is 2.32. The molecule has 9 heteroatoms. The van der Waals surface area contributed by atoms with E-state index in [1.807, 2.05) is 18.7 Å². The number of likely N-dealkylation sites (N-methyl/N-ethyl adjacent to an activating group) is 1. The maximum Gasteiger partial charge on any atom is 0.257 e. The molecule has 7 nitrogen and oxygen atoms in total. The number of nitrogens with zero attached hydrogens (tertiary/aromatic N) is 2. The van der Waals surface area contributed by atoms with Crippen molar-refractivity contribution in [1.29, 1.82) is 0 Å². The zero-order valence-electron chi connectivity index (χ0n) is 21.8. The fourth-order valence-electron chi connectivity index (χ4n) is 4.62. The quantitative estimate of drug-likeness (QED) is 0.642. The van der Waals surface area contributed by atoms with Crippen LogP contribution in [0.4, 0.5) is 14.5 Å². The summed E-state index contributed by atoms with van der Waals surface area (Å²) in [5.41, 5.74) is 1.15. The second-order valence-electron chi connectivity index (χ2n) is 10.2. The minimum Gasteiger partial charge on any atom is -0.491 e. The molecule has 0 unspecified atom stereocenters. The normalized spacial score (nSPS) is 23.5. The van der Waals surface area contributed by atoms with Crippen LogP contribution in [0.3, 0.4) is 0 Å². The van der Waals surface area contributed by atoms with E-state index in [-0.39, 0.29) is 54.5 Å². The van der Waals surface area contributed by atoms with Gasteiger partial charge in [0, 0.05) is 57.0 Å². The second kappa shape index (κ2) is 11.6. The number of hydrogen-bond donors (Lipinski definition) is 1. The van der Waals surface area contributed by atoms with E-state index in [2.05, 4.69) is 5.32 Å². The first kappa shape index (κ1) is 27.0. The Labute approximate surface area is 216 Å². The molecule has 2 amide bonds. The summed E-state index contributed by atoms with van der Waals surface area (Å²) < 4.78 is 40.2. The van der Waals surface area contributed by atoms with Crippen molar-refractivity contribution in [1.82, 2.24) is 9.80 Å². The number of halogens is 2. The smallest absolute Gasteiger partial charge is 0.257 e. The van der Waals surface area contributed by atoms with E-state index in [0.717, 1.165) is 25.0 Å². The fourth-order valence-corrected chi connectivity index (χ4v) is 4.62. The number of amides is 2. The van der Waals surface area contributed by atoms with Gasteiger partial charge in [-0.25, -0.2) is 8.78 Å². The van der Waals surface area contributed by atoms with E-state index in [1.165, 1.54) is 6.07 Å². The van der Waals surface area contributed by atoms with Gasteiger partial charge < -0.3 is 19.7 Å². The van der Waals surface area contributed by atoms with E-state index in [1.54, 1.807) is 37.3 Å². The van der Waals surface area contributed by atoms with Gasteiger partial charge in [0.2, 0.25) is 5.91 Å². The summed E-state index contributed by atoms with van der Waals surface area (Å²) in [5, 5.41) is 2.89. The van der Waals surface area contributed by atoms with Crippen LogP contribution in [-0.2, 0) is 16.1 Å². The predicted octanol–water partition coefficient (Wildman–Crippen LogP) is 4.32. The zero-order chi connectivity index (χ0) is 26.7. The molecule has 1 aliphatic heterocycles. The average Bonchev–Trinajstić information content (AvgIpc) is 3.72. The lowest BCUT2D eigenvalue weighted by Gasteiger charge is -2.36. The fraction of sp³-hybridized carbons (Fsp3) is 0.500. The number of fused-ring (bicyclic) bond motifs is 1. The summed E-state index contributed by atoms with van der Waals surface area (Å²) in [6.45, 7) is 5.24. The molecule has 0 spiro atoms. The van der Waals surface area contributed by atoms with E-state index in [4.69, 9.17) is 9.47 Å². The van der Waals surface area contributed by atoms with Crippen molar-refractivity contribution in [3.63, 3.8) is 0 Å². The number of rotatable bonds is 5. The van der Waals surface area contributed by atoms with Gasteiger partial charge in [0.05, 0.1) is 11.7 Å². The predicted molar refractivity (Wildman–Crippen MR) is 136 cm³/mol. The highest BCUT2D eigenvalue weighted by molar-refractivity contribution is 6.00. The first-order valence-corrected chi connectivity index (χ1v) is 12.7. The van der Waals surface area contributed by atoms with Gasteiger partial charge in [0.15, 0.2) is 0 Å². The zero-order valence-corrected chi connectivity index (χ0v) is 21.8. The summed E-state index contributed by atoms with van der Waals surface area (Å²) in [7, 11) is 3.31. The molecule has 0 bridgehead atoms. The SMILES string of the molecule is CO[C@H]1CN(C)C(=O)c2cc(NC(=O)C3CC3)ccc2OC[C@@H](C)N(Cc2cc(F)ccc2F)C[C@H]1C. The van der Waals surface area contributed by atoms with Crippen molar-refractivity contribution in [2.45, 2.75) is 45.4 Å². The molecule has 2 aliphatic rings. The Morgan fingerprint density at radius 1 is 1.14 bits per heavy atom. The van der Waals surface area contributed by atoms with Crippen LogP contribution in [0, 0.1) is 23.5 Å². The van der Waals surface area contributed by atoms with Crippen LogP contribution in [0.25, 0.3) is 0 Å². The summed E-state index contributed by atoms with van der Waals surface area (Å²) in [6.07, 6.45) is 1.47. The van der Waals surface area contributed by atoms with E-state index >= 15 is 0 Å². The third-order valence-corrected chi connectivity index (χ3v) is 7.17. The van der Waals surface area contributed by atoms with Crippen LogP contribution in [0.2, 0.25) is 0 Å². The van der Waals surface area contributed by atoms with Gasteiger partial charge in [0.1, 0.15) is 24.0 Å². The molecule has 1 N–H and O–H groups in total. The van der Waals surface area contributed by atoms with Crippen molar-refractivity contribution < 1.29 is 27.8 Å². The van der Waals surface area contributed by atoms with Gasteiger partial charge in [-0.2, -0.15) is 0 Å². The second-order valence-corrected chi connectivity index (χ2v) is 10.2. The average molecular weight is 516 g/mol. The Morgan fingerprint density at radius 3 is 2.59 bits per heavy atom. The van der Waals surface area contributed by atoms with Crippen LogP contribution < -0.4 is 10.1 Å². The number of methoxy groups -OCH3 is 1. The number of nitrogens with one attached hydrogen (secondary N) is 1. The number of carbonyl (C=O) groups excluding carboxylic acids is 2. The van der Waals surface area contributed by atoms with E-state index in [9.17, 15) is 18.4 Å². The summed E-state index contributed by atoms with van der Waals surface area (Å²) >= 11 is 0. The summed E-state index contributed by atoms with van der Waals surface area (Å²) in [6, 6.07) is 8.35.